The Balaban J connectivity index is 2.43. The molecule has 1 aromatic heterocycles. The monoisotopic (exact) mass is 206 g/mol. The highest BCUT2D eigenvalue weighted by atomic mass is 19.1. The summed E-state index contributed by atoms with van der Waals surface area (Å²) >= 11 is 0. The Morgan fingerprint density at radius 2 is 2.33 bits per heavy atom. The van der Waals surface area contributed by atoms with Crippen LogP contribution in [0.3, 0.4) is 0 Å². The van der Waals surface area contributed by atoms with Crippen molar-refractivity contribution < 1.29 is 9.18 Å². The summed E-state index contributed by atoms with van der Waals surface area (Å²) in [5, 5.41) is 0.785. The first-order chi connectivity index (χ1) is 7.20. The molecule has 78 valence electrons. The van der Waals surface area contributed by atoms with E-state index in [9.17, 15) is 9.18 Å². The number of aromatic nitrogens is 1. The largest absolute Gasteiger partial charge is 0.361 e. The number of halogens is 1. The van der Waals surface area contributed by atoms with E-state index < -0.39 is 6.04 Å². The molecule has 0 aliphatic carbocycles. The number of H-pyrrole nitrogens is 1. The Morgan fingerprint density at radius 3 is 3.07 bits per heavy atom. The van der Waals surface area contributed by atoms with Gasteiger partial charge in [-0.1, -0.05) is 0 Å². The third kappa shape index (κ3) is 1.89. The van der Waals surface area contributed by atoms with Crippen molar-refractivity contribution in [3.05, 3.63) is 35.8 Å². The molecule has 1 atom stereocenters. The molecule has 3 N–H and O–H groups in total. The minimum Gasteiger partial charge on any atom is -0.361 e. The molecular formula is C11H11FN2O. The molecule has 0 saturated heterocycles. The maximum absolute atomic E-state index is 13.0. The Bertz CT molecular complexity index is 492. The maximum atomic E-state index is 13.0. The zero-order valence-corrected chi connectivity index (χ0v) is 8.03. The summed E-state index contributed by atoms with van der Waals surface area (Å²) in [5.74, 6) is -0.289. The number of benzene rings is 1. The van der Waals surface area contributed by atoms with Gasteiger partial charge >= 0.3 is 0 Å². The number of nitrogens with two attached hydrogens (primary N) is 1. The van der Waals surface area contributed by atoms with E-state index in [0.717, 1.165) is 16.5 Å². The number of aldehydes is 1. The number of carbonyl (C=O) groups excluding carboxylic acids is 1. The van der Waals surface area contributed by atoms with Crippen molar-refractivity contribution in [1.29, 1.82) is 0 Å². The number of nitrogens with one attached hydrogen (secondary N) is 1. The molecule has 2 aromatic rings. The van der Waals surface area contributed by atoms with Crippen LogP contribution in [0.2, 0.25) is 0 Å². The van der Waals surface area contributed by atoms with E-state index in [1.165, 1.54) is 12.1 Å². The van der Waals surface area contributed by atoms with Crippen LogP contribution >= 0.6 is 0 Å². The predicted octanol–water partition coefficient (Wildman–Crippen LogP) is 1.38. The number of aromatic amines is 1. The zero-order chi connectivity index (χ0) is 10.8. The van der Waals surface area contributed by atoms with Crippen molar-refractivity contribution in [3.8, 4) is 0 Å². The summed E-state index contributed by atoms with van der Waals surface area (Å²) < 4.78 is 13.0. The summed E-state index contributed by atoms with van der Waals surface area (Å²) in [4.78, 5) is 13.4. The minimum absolute atomic E-state index is 0.289. The third-order valence-electron chi connectivity index (χ3n) is 2.36. The first kappa shape index (κ1) is 9.86. The van der Waals surface area contributed by atoms with Crippen molar-refractivity contribution in [2.24, 2.45) is 5.73 Å². The minimum atomic E-state index is -0.535. The zero-order valence-electron chi connectivity index (χ0n) is 8.03. The third-order valence-corrected chi connectivity index (χ3v) is 2.36. The summed E-state index contributed by atoms with van der Waals surface area (Å²) in [6.07, 6.45) is 2.87. The second-order valence-electron chi connectivity index (χ2n) is 3.51. The Kier molecular flexibility index (Phi) is 2.51. The smallest absolute Gasteiger partial charge is 0.137 e. The molecule has 4 heteroatoms. The number of hydrogen-bond donors (Lipinski definition) is 2. The van der Waals surface area contributed by atoms with Crippen molar-refractivity contribution in [2.45, 2.75) is 12.5 Å². The van der Waals surface area contributed by atoms with Gasteiger partial charge in [-0.3, -0.25) is 0 Å². The fourth-order valence-electron chi connectivity index (χ4n) is 1.62. The molecule has 0 saturated carbocycles. The van der Waals surface area contributed by atoms with Gasteiger partial charge < -0.3 is 15.5 Å². The van der Waals surface area contributed by atoms with Gasteiger partial charge in [0.25, 0.3) is 0 Å². The van der Waals surface area contributed by atoms with Crippen LogP contribution in [0.1, 0.15) is 5.56 Å². The summed E-state index contributed by atoms with van der Waals surface area (Å²) in [6.45, 7) is 0. The van der Waals surface area contributed by atoms with Crippen LogP contribution in [0, 0.1) is 5.82 Å². The molecule has 0 fully saturated rings. The fourth-order valence-corrected chi connectivity index (χ4v) is 1.62. The maximum Gasteiger partial charge on any atom is 0.137 e. The predicted molar refractivity (Wildman–Crippen MR) is 56.0 cm³/mol. The highest BCUT2D eigenvalue weighted by molar-refractivity contribution is 5.83. The van der Waals surface area contributed by atoms with Gasteiger partial charge in [0.2, 0.25) is 0 Å². The molecule has 15 heavy (non-hydrogen) atoms. The van der Waals surface area contributed by atoms with Crippen LogP contribution in [-0.4, -0.2) is 17.3 Å². The van der Waals surface area contributed by atoms with Crippen molar-refractivity contribution in [3.63, 3.8) is 0 Å². The Hall–Kier alpha value is -1.68. The molecule has 1 aromatic carbocycles. The Morgan fingerprint density at radius 1 is 1.53 bits per heavy atom. The lowest BCUT2D eigenvalue weighted by atomic mass is 10.1. The van der Waals surface area contributed by atoms with E-state index in [2.05, 4.69) is 4.98 Å². The van der Waals surface area contributed by atoms with E-state index in [-0.39, 0.29) is 5.82 Å². The van der Waals surface area contributed by atoms with Crippen LogP contribution in [0.4, 0.5) is 4.39 Å². The molecule has 2 rings (SSSR count). The van der Waals surface area contributed by atoms with Crippen molar-refractivity contribution in [1.82, 2.24) is 4.98 Å². The van der Waals surface area contributed by atoms with E-state index in [0.29, 0.717) is 12.7 Å². The van der Waals surface area contributed by atoms with Gasteiger partial charge in [-0.15, -0.1) is 0 Å². The SMILES string of the molecule is N[C@H](C=O)Cc1c[nH]c2ccc(F)cc12. The van der Waals surface area contributed by atoms with Gasteiger partial charge in [-0.05, 0) is 30.2 Å². The van der Waals surface area contributed by atoms with Crippen LogP contribution in [0.25, 0.3) is 10.9 Å². The Labute approximate surface area is 86.1 Å². The van der Waals surface area contributed by atoms with Gasteiger partial charge in [-0.2, -0.15) is 0 Å². The molecule has 3 nitrogen and oxygen atoms in total. The van der Waals surface area contributed by atoms with Crippen LogP contribution in [-0.2, 0) is 11.2 Å². The molecule has 0 spiro atoms. The molecule has 0 bridgehead atoms. The fraction of sp³-hybridized carbons (Fsp3) is 0.182. The number of carbonyl (C=O) groups is 1. The lowest BCUT2D eigenvalue weighted by Crippen LogP contribution is -2.23. The number of rotatable bonds is 3. The second kappa shape index (κ2) is 3.82. The molecule has 1 heterocycles. The molecule has 0 aliphatic heterocycles. The van der Waals surface area contributed by atoms with Crippen molar-refractivity contribution in [2.75, 3.05) is 0 Å². The highest BCUT2D eigenvalue weighted by Crippen LogP contribution is 2.20. The lowest BCUT2D eigenvalue weighted by Gasteiger charge is -2.01. The van der Waals surface area contributed by atoms with Gasteiger partial charge in [0.1, 0.15) is 12.1 Å². The van der Waals surface area contributed by atoms with Gasteiger partial charge in [0.15, 0.2) is 0 Å². The van der Waals surface area contributed by atoms with E-state index in [1.807, 2.05) is 0 Å². The standard InChI is InChI=1S/C11H11FN2O/c12-8-1-2-11-10(4-8)7(5-14-11)3-9(13)6-15/h1-2,4-6,9,14H,3,13H2/t9-/m0/s1. The van der Waals surface area contributed by atoms with Crippen LogP contribution in [0.15, 0.2) is 24.4 Å². The summed E-state index contributed by atoms with van der Waals surface area (Å²) in [5.41, 5.74) is 7.23. The topological polar surface area (TPSA) is 58.9 Å². The molecular weight excluding hydrogens is 195 g/mol. The molecule has 0 amide bonds. The van der Waals surface area contributed by atoms with Gasteiger partial charge in [0, 0.05) is 17.1 Å². The van der Waals surface area contributed by atoms with E-state index in [4.69, 9.17) is 5.73 Å². The summed E-state index contributed by atoms with van der Waals surface area (Å²) in [7, 11) is 0. The highest BCUT2D eigenvalue weighted by Gasteiger charge is 2.08. The first-order valence-corrected chi connectivity index (χ1v) is 4.67. The average molecular weight is 206 g/mol. The quantitative estimate of drug-likeness (QED) is 0.745. The van der Waals surface area contributed by atoms with Crippen LogP contribution in [0.5, 0.6) is 0 Å². The molecule has 0 aliphatic rings. The summed E-state index contributed by atoms with van der Waals surface area (Å²) in [6, 6.07) is 3.97. The first-order valence-electron chi connectivity index (χ1n) is 4.67. The van der Waals surface area contributed by atoms with E-state index in [1.54, 1.807) is 12.3 Å². The average Bonchev–Trinajstić information content (AvgIpc) is 2.61. The van der Waals surface area contributed by atoms with Crippen LogP contribution < -0.4 is 5.73 Å². The van der Waals surface area contributed by atoms with Crippen molar-refractivity contribution >= 4 is 17.2 Å². The lowest BCUT2D eigenvalue weighted by molar-refractivity contribution is -0.108. The number of hydrogen-bond acceptors (Lipinski definition) is 2. The molecule has 0 unspecified atom stereocenters. The normalized spacial score (nSPS) is 12.9. The van der Waals surface area contributed by atoms with E-state index >= 15 is 0 Å². The second-order valence-corrected chi connectivity index (χ2v) is 3.51. The van der Waals surface area contributed by atoms with Gasteiger partial charge in [0.05, 0.1) is 6.04 Å². The van der Waals surface area contributed by atoms with Gasteiger partial charge in [-0.25, -0.2) is 4.39 Å². The molecule has 0 radical (unpaired) electrons. The number of fused-ring (bicyclic) bond motifs is 1.